The lowest BCUT2D eigenvalue weighted by Crippen LogP contribution is -2.20. The molecule has 0 heterocycles. The molecule has 1 unspecified atom stereocenters. The van der Waals surface area contributed by atoms with Crippen LogP contribution in [0, 0.1) is 11.7 Å². The molecule has 1 aromatic carbocycles. The number of rotatable bonds is 2. The van der Waals surface area contributed by atoms with E-state index in [1.165, 1.54) is 18.9 Å². The number of benzene rings is 1. The van der Waals surface area contributed by atoms with Crippen LogP contribution in [0.25, 0.3) is 0 Å². The van der Waals surface area contributed by atoms with Gasteiger partial charge in [-0.15, -0.1) is 0 Å². The fraction of sp³-hybridized carbons (Fsp3) is 0.500. The summed E-state index contributed by atoms with van der Waals surface area (Å²) in [6, 6.07) is 5.00. The Morgan fingerprint density at radius 3 is 2.60 bits per heavy atom. The molecule has 0 bridgehead atoms. The van der Waals surface area contributed by atoms with Crippen molar-refractivity contribution >= 4 is 15.9 Å². The van der Waals surface area contributed by atoms with Gasteiger partial charge < -0.3 is 5.73 Å². The summed E-state index contributed by atoms with van der Waals surface area (Å²) in [6.45, 7) is 0. The van der Waals surface area contributed by atoms with Crippen molar-refractivity contribution in [2.24, 2.45) is 11.7 Å². The van der Waals surface area contributed by atoms with Crippen LogP contribution in [0.5, 0.6) is 0 Å². The van der Waals surface area contributed by atoms with E-state index in [9.17, 15) is 4.39 Å². The van der Waals surface area contributed by atoms with Crippen molar-refractivity contribution < 1.29 is 4.39 Å². The predicted molar refractivity (Wildman–Crippen MR) is 63.0 cm³/mol. The molecule has 1 atom stereocenters. The van der Waals surface area contributed by atoms with Crippen molar-refractivity contribution in [2.75, 3.05) is 0 Å². The second-order valence-electron chi connectivity index (χ2n) is 4.24. The SMILES string of the molecule is NC(c1ccc(Br)cc1F)C1CCCC1. The molecule has 1 nitrogen and oxygen atoms in total. The minimum absolute atomic E-state index is 0.138. The van der Waals surface area contributed by atoms with Crippen LogP contribution < -0.4 is 5.73 Å². The lowest BCUT2D eigenvalue weighted by molar-refractivity contribution is 0.429. The van der Waals surface area contributed by atoms with Gasteiger partial charge in [0, 0.05) is 16.1 Å². The smallest absolute Gasteiger partial charge is 0.129 e. The van der Waals surface area contributed by atoms with E-state index in [2.05, 4.69) is 15.9 Å². The van der Waals surface area contributed by atoms with E-state index in [0.29, 0.717) is 11.5 Å². The summed E-state index contributed by atoms with van der Waals surface area (Å²) in [5, 5.41) is 0. The highest BCUT2D eigenvalue weighted by molar-refractivity contribution is 9.10. The number of hydrogen-bond donors (Lipinski definition) is 1. The first-order valence-electron chi connectivity index (χ1n) is 5.39. The molecule has 0 aliphatic heterocycles. The molecule has 1 saturated carbocycles. The summed E-state index contributed by atoms with van der Waals surface area (Å²) < 4.78 is 14.4. The maximum absolute atomic E-state index is 13.6. The molecule has 1 fully saturated rings. The highest BCUT2D eigenvalue weighted by atomic mass is 79.9. The zero-order valence-corrected chi connectivity index (χ0v) is 10.1. The van der Waals surface area contributed by atoms with Gasteiger partial charge in [0.25, 0.3) is 0 Å². The van der Waals surface area contributed by atoms with E-state index in [0.717, 1.165) is 17.3 Å². The zero-order chi connectivity index (χ0) is 10.8. The van der Waals surface area contributed by atoms with Gasteiger partial charge in [-0.3, -0.25) is 0 Å². The molecule has 1 aliphatic rings. The molecule has 0 saturated heterocycles. The van der Waals surface area contributed by atoms with Gasteiger partial charge in [-0.2, -0.15) is 0 Å². The predicted octanol–water partition coefficient (Wildman–Crippen LogP) is 3.78. The van der Waals surface area contributed by atoms with E-state index in [-0.39, 0.29) is 11.9 Å². The normalized spacial score (nSPS) is 19.4. The third-order valence-electron chi connectivity index (χ3n) is 3.23. The molecule has 2 rings (SSSR count). The second kappa shape index (κ2) is 4.62. The first-order valence-corrected chi connectivity index (χ1v) is 6.18. The van der Waals surface area contributed by atoms with Crippen LogP contribution in [0.3, 0.4) is 0 Å². The highest BCUT2D eigenvalue weighted by Crippen LogP contribution is 2.35. The van der Waals surface area contributed by atoms with Crippen LogP contribution >= 0.6 is 15.9 Å². The van der Waals surface area contributed by atoms with Gasteiger partial charge in [0.15, 0.2) is 0 Å². The summed E-state index contributed by atoms with van der Waals surface area (Å²) in [7, 11) is 0. The van der Waals surface area contributed by atoms with Crippen molar-refractivity contribution in [3.05, 3.63) is 34.1 Å². The Labute approximate surface area is 98.0 Å². The third-order valence-corrected chi connectivity index (χ3v) is 3.72. The number of halogens is 2. The maximum Gasteiger partial charge on any atom is 0.129 e. The number of nitrogens with two attached hydrogens (primary N) is 1. The van der Waals surface area contributed by atoms with Crippen LogP contribution in [0.2, 0.25) is 0 Å². The van der Waals surface area contributed by atoms with Gasteiger partial charge in [0.1, 0.15) is 5.82 Å². The Morgan fingerprint density at radius 1 is 1.33 bits per heavy atom. The third kappa shape index (κ3) is 2.40. The average Bonchev–Trinajstić information content (AvgIpc) is 2.69. The monoisotopic (exact) mass is 271 g/mol. The fourth-order valence-electron chi connectivity index (χ4n) is 2.34. The number of hydrogen-bond acceptors (Lipinski definition) is 1. The molecule has 82 valence electrons. The summed E-state index contributed by atoms with van der Waals surface area (Å²) in [5.74, 6) is 0.268. The molecule has 1 aliphatic carbocycles. The van der Waals surface area contributed by atoms with Crippen LogP contribution in [0.15, 0.2) is 22.7 Å². The molecule has 3 heteroatoms. The van der Waals surface area contributed by atoms with Crippen LogP contribution in [-0.4, -0.2) is 0 Å². The van der Waals surface area contributed by atoms with Gasteiger partial charge in [-0.1, -0.05) is 34.8 Å². The Morgan fingerprint density at radius 2 is 2.00 bits per heavy atom. The van der Waals surface area contributed by atoms with Gasteiger partial charge >= 0.3 is 0 Å². The first kappa shape index (κ1) is 11.1. The van der Waals surface area contributed by atoms with Crippen LogP contribution in [-0.2, 0) is 0 Å². The Kier molecular flexibility index (Phi) is 3.42. The van der Waals surface area contributed by atoms with E-state index < -0.39 is 0 Å². The Balaban J connectivity index is 2.20. The van der Waals surface area contributed by atoms with Gasteiger partial charge in [-0.25, -0.2) is 4.39 Å². The van der Waals surface area contributed by atoms with Crippen molar-refractivity contribution in [3.8, 4) is 0 Å². The van der Waals surface area contributed by atoms with E-state index in [4.69, 9.17) is 5.73 Å². The molecule has 0 amide bonds. The lowest BCUT2D eigenvalue weighted by Gasteiger charge is -2.19. The second-order valence-corrected chi connectivity index (χ2v) is 5.15. The summed E-state index contributed by atoms with van der Waals surface area (Å²) in [5.41, 5.74) is 6.75. The average molecular weight is 272 g/mol. The first-order chi connectivity index (χ1) is 7.18. The topological polar surface area (TPSA) is 26.0 Å². The molecule has 15 heavy (non-hydrogen) atoms. The van der Waals surface area contributed by atoms with Crippen LogP contribution in [0.1, 0.15) is 37.3 Å². The molecule has 2 N–H and O–H groups in total. The van der Waals surface area contributed by atoms with Crippen molar-refractivity contribution in [3.63, 3.8) is 0 Å². The van der Waals surface area contributed by atoms with Crippen LogP contribution in [0.4, 0.5) is 4.39 Å². The highest BCUT2D eigenvalue weighted by Gasteiger charge is 2.25. The van der Waals surface area contributed by atoms with E-state index >= 15 is 0 Å². The van der Waals surface area contributed by atoms with Gasteiger partial charge in [-0.05, 0) is 30.9 Å². The molecule has 0 spiro atoms. The fourth-order valence-corrected chi connectivity index (χ4v) is 2.68. The molecule has 0 radical (unpaired) electrons. The molecular formula is C12H15BrFN. The van der Waals surface area contributed by atoms with Gasteiger partial charge in [0.2, 0.25) is 0 Å². The zero-order valence-electron chi connectivity index (χ0n) is 8.55. The minimum Gasteiger partial charge on any atom is -0.324 e. The molecule has 0 aromatic heterocycles. The van der Waals surface area contributed by atoms with E-state index in [1.54, 1.807) is 6.07 Å². The maximum atomic E-state index is 13.6. The standard InChI is InChI=1S/C12H15BrFN/c13-9-5-6-10(11(14)7-9)12(15)8-3-1-2-4-8/h5-8,12H,1-4,15H2. The van der Waals surface area contributed by atoms with E-state index in [1.807, 2.05) is 6.07 Å². The quantitative estimate of drug-likeness (QED) is 0.871. The molecule has 1 aromatic rings. The summed E-state index contributed by atoms with van der Waals surface area (Å²) >= 11 is 3.25. The van der Waals surface area contributed by atoms with Crippen molar-refractivity contribution in [2.45, 2.75) is 31.7 Å². The summed E-state index contributed by atoms with van der Waals surface area (Å²) in [6.07, 6.45) is 4.74. The van der Waals surface area contributed by atoms with Gasteiger partial charge in [0.05, 0.1) is 0 Å². The molecular weight excluding hydrogens is 257 g/mol. The Hall–Kier alpha value is -0.410. The van der Waals surface area contributed by atoms with Crippen molar-refractivity contribution in [1.82, 2.24) is 0 Å². The Bertz CT molecular complexity index is 347. The largest absolute Gasteiger partial charge is 0.324 e. The lowest BCUT2D eigenvalue weighted by atomic mass is 9.92. The minimum atomic E-state index is -0.191. The van der Waals surface area contributed by atoms with Crippen molar-refractivity contribution in [1.29, 1.82) is 0 Å². The summed E-state index contributed by atoms with van der Waals surface area (Å²) in [4.78, 5) is 0.